The summed E-state index contributed by atoms with van der Waals surface area (Å²) in [5.74, 6) is 0.972. The molecule has 2 bridgehead atoms. The predicted octanol–water partition coefficient (Wildman–Crippen LogP) is 1.33. The number of fused-ring (bicyclic) bond motifs is 2. The second-order valence-corrected chi connectivity index (χ2v) is 3.63. The highest BCUT2D eigenvalue weighted by atomic mass is 35.5. The van der Waals surface area contributed by atoms with Gasteiger partial charge in [-0.15, -0.1) is 12.4 Å². The van der Waals surface area contributed by atoms with Gasteiger partial charge in [-0.05, 0) is 38.1 Å². The Balaban J connectivity index is 0.000000605. The molecule has 2 saturated heterocycles. The molecule has 11 heavy (non-hydrogen) atoms. The maximum atomic E-state index is 5.69. The zero-order chi connectivity index (χ0) is 7.03. The second-order valence-electron chi connectivity index (χ2n) is 3.63. The van der Waals surface area contributed by atoms with Crippen molar-refractivity contribution in [2.75, 3.05) is 13.2 Å². The molecule has 3 heteroatoms. The van der Waals surface area contributed by atoms with E-state index in [0.717, 1.165) is 25.5 Å². The topological polar surface area (TPSA) is 35.2 Å². The van der Waals surface area contributed by atoms with Crippen LogP contribution >= 0.6 is 12.4 Å². The Labute approximate surface area is 73.9 Å². The van der Waals surface area contributed by atoms with Crippen LogP contribution in [0.5, 0.6) is 0 Å². The summed E-state index contributed by atoms with van der Waals surface area (Å²) < 4.78 is 5.69. The summed E-state index contributed by atoms with van der Waals surface area (Å²) in [4.78, 5) is 0. The lowest BCUT2D eigenvalue weighted by atomic mass is 9.66. The molecule has 3 fully saturated rings. The standard InChI is InChI=1S/C8H15NO.ClH/c9-3-2-8-5-7(6-8)1-4-10-8;/h7H,1-6,9H2;1H. The van der Waals surface area contributed by atoms with Gasteiger partial charge in [0.15, 0.2) is 0 Å². The van der Waals surface area contributed by atoms with Crippen molar-refractivity contribution < 1.29 is 4.74 Å². The third-order valence-electron chi connectivity index (χ3n) is 2.86. The van der Waals surface area contributed by atoms with E-state index >= 15 is 0 Å². The van der Waals surface area contributed by atoms with E-state index in [1.165, 1.54) is 19.3 Å². The van der Waals surface area contributed by atoms with Crippen molar-refractivity contribution in [3.8, 4) is 0 Å². The SMILES string of the molecule is Cl.NCCC12CC(CCO1)C2. The summed E-state index contributed by atoms with van der Waals surface area (Å²) in [6, 6.07) is 0. The molecule has 2 aliphatic heterocycles. The van der Waals surface area contributed by atoms with Crippen molar-refractivity contribution in [2.45, 2.75) is 31.3 Å². The van der Waals surface area contributed by atoms with Crippen LogP contribution in [0.1, 0.15) is 25.7 Å². The van der Waals surface area contributed by atoms with Gasteiger partial charge >= 0.3 is 0 Å². The van der Waals surface area contributed by atoms with E-state index in [4.69, 9.17) is 10.5 Å². The van der Waals surface area contributed by atoms with Crippen LogP contribution < -0.4 is 5.73 Å². The number of hydrogen-bond acceptors (Lipinski definition) is 2. The molecule has 3 aliphatic rings. The number of halogens is 1. The van der Waals surface area contributed by atoms with Crippen molar-refractivity contribution in [1.82, 2.24) is 0 Å². The molecule has 0 atom stereocenters. The lowest BCUT2D eigenvalue weighted by Crippen LogP contribution is -2.52. The third kappa shape index (κ3) is 1.53. The van der Waals surface area contributed by atoms with E-state index in [-0.39, 0.29) is 18.0 Å². The van der Waals surface area contributed by atoms with Gasteiger partial charge in [-0.3, -0.25) is 0 Å². The first kappa shape index (κ1) is 9.30. The number of rotatable bonds is 2. The highest BCUT2D eigenvalue weighted by Gasteiger charge is 2.47. The second kappa shape index (κ2) is 3.30. The van der Waals surface area contributed by atoms with E-state index in [1.54, 1.807) is 0 Å². The molecule has 2 heterocycles. The molecule has 2 N–H and O–H groups in total. The van der Waals surface area contributed by atoms with Crippen LogP contribution in [0.25, 0.3) is 0 Å². The lowest BCUT2D eigenvalue weighted by Gasteiger charge is -2.52. The Morgan fingerprint density at radius 2 is 2.18 bits per heavy atom. The summed E-state index contributed by atoms with van der Waals surface area (Å²) in [7, 11) is 0. The first-order chi connectivity index (χ1) is 4.85. The molecule has 1 saturated carbocycles. The zero-order valence-corrected chi connectivity index (χ0v) is 7.53. The van der Waals surface area contributed by atoms with Gasteiger partial charge in [-0.1, -0.05) is 0 Å². The molecule has 0 aromatic carbocycles. The highest BCUT2D eigenvalue weighted by molar-refractivity contribution is 5.85. The van der Waals surface area contributed by atoms with E-state index in [0.29, 0.717) is 0 Å². The first-order valence-electron chi connectivity index (χ1n) is 4.19. The van der Waals surface area contributed by atoms with Crippen molar-refractivity contribution >= 4 is 12.4 Å². The molecule has 0 amide bonds. The highest BCUT2D eigenvalue weighted by Crippen LogP contribution is 2.48. The summed E-state index contributed by atoms with van der Waals surface area (Å²) in [6.07, 6.45) is 4.92. The Kier molecular flexibility index (Phi) is 2.79. The van der Waals surface area contributed by atoms with Gasteiger partial charge < -0.3 is 10.5 Å². The minimum atomic E-state index is 0. The van der Waals surface area contributed by atoms with E-state index in [1.807, 2.05) is 0 Å². The van der Waals surface area contributed by atoms with Crippen LogP contribution in [0.2, 0.25) is 0 Å². The average molecular weight is 178 g/mol. The van der Waals surface area contributed by atoms with Crippen LogP contribution in [-0.4, -0.2) is 18.8 Å². The van der Waals surface area contributed by atoms with Gasteiger partial charge in [0.1, 0.15) is 0 Å². The fourth-order valence-electron chi connectivity index (χ4n) is 2.30. The molecule has 66 valence electrons. The van der Waals surface area contributed by atoms with Crippen LogP contribution in [-0.2, 0) is 4.74 Å². The summed E-state index contributed by atoms with van der Waals surface area (Å²) in [5, 5.41) is 0. The first-order valence-corrected chi connectivity index (χ1v) is 4.19. The molecule has 2 nitrogen and oxygen atoms in total. The maximum Gasteiger partial charge on any atom is 0.0699 e. The monoisotopic (exact) mass is 177 g/mol. The predicted molar refractivity (Wildman–Crippen MR) is 46.9 cm³/mol. The van der Waals surface area contributed by atoms with Gasteiger partial charge in [0.25, 0.3) is 0 Å². The number of hydrogen-bond donors (Lipinski definition) is 1. The van der Waals surface area contributed by atoms with Crippen LogP contribution in [0, 0.1) is 5.92 Å². The number of nitrogens with two attached hydrogens (primary N) is 1. The third-order valence-corrected chi connectivity index (χ3v) is 2.86. The molecule has 0 aromatic rings. The Hall–Kier alpha value is 0.210. The minimum Gasteiger partial charge on any atom is -0.375 e. The van der Waals surface area contributed by atoms with Crippen LogP contribution in [0.15, 0.2) is 0 Å². The lowest BCUT2D eigenvalue weighted by molar-refractivity contribution is -0.179. The fraction of sp³-hybridized carbons (Fsp3) is 1.00. The van der Waals surface area contributed by atoms with E-state index in [9.17, 15) is 0 Å². The summed E-state index contributed by atoms with van der Waals surface area (Å²) in [6.45, 7) is 1.76. The zero-order valence-electron chi connectivity index (χ0n) is 6.71. The van der Waals surface area contributed by atoms with E-state index in [2.05, 4.69) is 0 Å². The minimum absolute atomic E-state index is 0. The van der Waals surface area contributed by atoms with Crippen molar-refractivity contribution in [3.63, 3.8) is 0 Å². The Morgan fingerprint density at radius 3 is 2.64 bits per heavy atom. The molecule has 0 aromatic heterocycles. The fourth-order valence-corrected chi connectivity index (χ4v) is 2.30. The maximum absolute atomic E-state index is 5.69. The van der Waals surface area contributed by atoms with Gasteiger partial charge in [0.2, 0.25) is 0 Å². The van der Waals surface area contributed by atoms with E-state index < -0.39 is 0 Å². The summed E-state index contributed by atoms with van der Waals surface area (Å²) >= 11 is 0. The smallest absolute Gasteiger partial charge is 0.0699 e. The Morgan fingerprint density at radius 1 is 1.45 bits per heavy atom. The van der Waals surface area contributed by atoms with Gasteiger partial charge in [-0.2, -0.15) is 0 Å². The molecular formula is C8H16ClNO. The van der Waals surface area contributed by atoms with Crippen LogP contribution in [0.3, 0.4) is 0 Å². The van der Waals surface area contributed by atoms with Crippen molar-refractivity contribution in [2.24, 2.45) is 11.7 Å². The van der Waals surface area contributed by atoms with Crippen molar-refractivity contribution in [3.05, 3.63) is 0 Å². The molecule has 0 radical (unpaired) electrons. The summed E-state index contributed by atoms with van der Waals surface area (Å²) in [5.41, 5.74) is 5.74. The Bertz CT molecular complexity index is 123. The molecule has 1 aliphatic carbocycles. The van der Waals surface area contributed by atoms with Gasteiger partial charge in [0.05, 0.1) is 5.60 Å². The average Bonchev–Trinajstić information content (AvgIpc) is 1.87. The molecule has 0 unspecified atom stereocenters. The van der Waals surface area contributed by atoms with Gasteiger partial charge in [-0.25, -0.2) is 0 Å². The van der Waals surface area contributed by atoms with Gasteiger partial charge in [0, 0.05) is 6.61 Å². The molecular weight excluding hydrogens is 162 g/mol. The molecule has 0 spiro atoms. The number of ether oxygens (including phenoxy) is 1. The largest absolute Gasteiger partial charge is 0.375 e. The quantitative estimate of drug-likeness (QED) is 0.691. The van der Waals surface area contributed by atoms with Crippen LogP contribution in [0.4, 0.5) is 0 Å². The van der Waals surface area contributed by atoms with Crippen molar-refractivity contribution in [1.29, 1.82) is 0 Å². The molecule has 3 rings (SSSR count). The normalized spacial score (nSPS) is 40.6.